The van der Waals surface area contributed by atoms with Gasteiger partial charge in [0, 0.05) is 23.7 Å². The molecule has 6 heteroatoms. The Morgan fingerprint density at radius 2 is 1.92 bits per heavy atom. The van der Waals surface area contributed by atoms with Crippen molar-refractivity contribution in [1.82, 2.24) is 4.90 Å². The van der Waals surface area contributed by atoms with Crippen molar-refractivity contribution < 1.29 is 13.6 Å². The van der Waals surface area contributed by atoms with Crippen LogP contribution in [-0.2, 0) is 11.3 Å². The van der Waals surface area contributed by atoms with E-state index in [-0.39, 0.29) is 23.3 Å². The maximum atomic E-state index is 14.0. The van der Waals surface area contributed by atoms with Gasteiger partial charge in [0.05, 0.1) is 11.6 Å². The lowest BCUT2D eigenvalue weighted by Crippen LogP contribution is -2.40. The number of nitrogens with zero attached hydrogens (tertiary/aromatic N) is 1. The number of amides is 1. The number of rotatable bonds is 4. The molecule has 132 valence electrons. The zero-order chi connectivity index (χ0) is 17.8. The number of benzene rings is 2. The number of nitrogens with one attached hydrogen (secondary N) is 1. The molecule has 3 rings (SSSR count). The molecule has 3 nitrogen and oxygen atoms in total. The summed E-state index contributed by atoms with van der Waals surface area (Å²) >= 11 is 6.08. The van der Waals surface area contributed by atoms with Gasteiger partial charge in [0.1, 0.15) is 11.6 Å². The molecule has 2 aromatic carbocycles. The predicted molar refractivity (Wildman–Crippen MR) is 94.4 cm³/mol. The maximum Gasteiger partial charge on any atom is 0.228 e. The highest BCUT2D eigenvalue weighted by Gasteiger charge is 2.27. The monoisotopic (exact) mass is 364 g/mol. The smallest absolute Gasteiger partial charge is 0.228 e. The van der Waals surface area contributed by atoms with E-state index in [1.54, 1.807) is 24.3 Å². The predicted octanol–water partition coefficient (Wildman–Crippen LogP) is 4.47. The quantitative estimate of drug-likeness (QED) is 0.868. The number of carbonyl (C=O) groups is 1. The maximum absolute atomic E-state index is 14.0. The summed E-state index contributed by atoms with van der Waals surface area (Å²) in [5.74, 6) is -1.28. The molecule has 0 aliphatic carbocycles. The molecule has 0 bridgehead atoms. The van der Waals surface area contributed by atoms with Gasteiger partial charge in [-0.1, -0.05) is 29.8 Å². The first-order valence-electron chi connectivity index (χ1n) is 8.25. The Balaban J connectivity index is 1.65. The van der Waals surface area contributed by atoms with E-state index in [1.807, 2.05) is 4.90 Å². The van der Waals surface area contributed by atoms with Crippen molar-refractivity contribution >= 4 is 23.2 Å². The largest absolute Gasteiger partial charge is 0.323 e. The van der Waals surface area contributed by atoms with E-state index in [0.717, 1.165) is 19.4 Å². The number of likely N-dealkylation sites (tertiary alicyclic amines) is 1. The molecule has 0 saturated carbocycles. The number of anilines is 1. The molecule has 1 aliphatic heterocycles. The number of halogens is 3. The normalized spacial score (nSPS) is 18.1. The third-order valence-electron chi connectivity index (χ3n) is 4.45. The van der Waals surface area contributed by atoms with Crippen molar-refractivity contribution in [1.29, 1.82) is 0 Å². The van der Waals surface area contributed by atoms with E-state index in [1.165, 1.54) is 18.2 Å². The van der Waals surface area contributed by atoms with Crippen molar-refractivity contribution in [3.8, 4) is 0 Å². The standard InChI is InChI=1S/C19H19ClF2N2O/c20-15-6-3-8-16(21)14(15)12-24-10-4-5-13(11-24)19(25)23-18-9-2-1-7-17(18)22/h1-3,6-9,13H,4-5,10-12H2,(H,23,25). The third kappa shape index (κ3) is 4.35. The highest BCUT2D eigenvalue weighted by Crippen LogP contribution is 2.25. The minimum Gasteiger partial charge on any atom is -0.323 e. The molecule has 0 radical (unpaired) electrons. The highest BCUT2D eigenvalue weighted by molar-refractivity contribution is 6.31. The molecule has 1 amide bonds. The lowest BCUT2D eigenvalue weighted by molar-refractivity contribution is -0.121. The molecular weight excluding hydrogens is 346 g/mol. The van der Waals surface area contributed by atoms with Gasteiger partial charge in [0.15, 0.2) is 0 Å². The average molecular weight is 365 g/mol. The lowest BCUT2D eigenvalue weighted by atomic mass is 9.96. The second-order valence-electron chi connectivity index (χ2n) is 6.24. The van der Waals surface area contributed by atoms with Crippen molar-refractivity contribution in [2.24, 2.45) is 5.92 Å². The average Bonchev–Trinajstić information content (AvgIpc) is 2.60. The van der Waals surface area contributed by atoms with Gasteiger partial charge in [-0.2, -0.15) is 0 Å². The fraction of sp³-hybridized carbons (Fsp3) is 0.316. The summed E-state index contributed by atoms with van der Waals surface area (Å²) < 4.78 is 27.6. The first-order valence-corrected chi connectivity index (χ1v) is 8.63. The summed E-state index contributed by atoms with van der Waals surface area (Å²) in [5.41, 5.74) is 0.626. The van der Waals surface area contributed by atoms with E-state index >= 15 is 0 Å². The molecule has 25 heavy (non-hydrogen) atoms. The number of hydrogen-bond donors (Lipinski definition) is 1. The fourth-order valence-corrected chi connectivity index (χ4v) is 3.34. The Morgan fingerprint density at radius 3 is 2.68 bits per heavy atom. The molecule has 1 atom stereocenters. The summed E-state index contributed by atoms with van der Waals surface area (Å²) in [7, 11) is 0. The summed E-state index contributed by atoms with van der Waals surface area (Å²) in [6.07, 6.45) is 1.54. The highest BCUT2D eigenvalue weighted by atomic mass is 35.5. The van der Waals surface area contributed by atoms with Gasteiger partial charge in [0.25, 0.3) is 0 Å². The number of hydrogen-bond acceptors (Lipinski definition) is 2. The van der Waals surface area contributed by atoms with Crippen LogP contribution in [0.4, 0.5) is 14.5 Å². The molecule has 2 aromatic rings. The Kier molecular flexibility index (Phi) is 5.66. The van der Waals surface area contributed by atoms with E-state index in [2.05, 4.69) is 5.32 Å². The van der Waals surface area contributed by atoms with Crippen LogP contribution in [0.3, 0.4) is 0 Å². The van der Waals surface area contributed by atoms with E-state index < -0.39 is 5.82 Å². The number of carbonyl (C=O) groups excluding carboxylic acids is 1. The Hall–Kier alpha value is -1.98. The van der Waals surface area contributed by atoms with Crippen LogP contribution >= 0.6 is 11.6 Å². The topological polar surface area (TPSA) is 32.3 Å². The van der Waals surface area contributed by atoms with Crippen LogP contribution in [0.2, 0.25) is 5.02 Å². The van der Waals surface area contributed by atoms with Crippen molar-refractivity contribution in [3.63, 3.8) is 0 Å². The summed E-state index contributed by atoms with van der Waals surface area (Å²) in [4.78, 5) is 14.5. The van der Waals surface area contributed by atoms with Gasteiger partial charge in [0.2, 0.25) is 5.91 Å². The second kappa shape index (κ2) is 7.93. The molecule has 1 heterocycles. The van der Waals surface area contributed by atoms with Gasteiger partial charge in [-0.15, -0.1) is 0 Å². The van der Waals surface area contributed by atoms with Crippen molar-refractivity contribution in [2.45, 2.75) is 19.4 Å². The first kappa shape index (κ1) is 17.8. The van der Waals surface area contributed by atoms with Crippen LogP contribution in [0.15, 0.2) is 42.5 Å². The van der Waals surface area contributed by atoms with Crippen molar-refractivity contribution in [3.05, 3.63) is 64.7 Å². The van der Waals surface area contributed by atoms with E-state index in [9.17, 15) is 13.6 Å². The van der Waals surface area contributed by atoms with Gasteiger partial charge >= 0.3 is 0 Å². The zero-order valence-corrected chi connectivity index (χ0v) is 14.4. The molecule has 1 saturated heterocycles. The molecule has 1 fully saturated rings. The van der Waals surface area contributed by atoms with Gasteiger partial charge in [-0.25, -0.2) is 8.78 Å². The summed E-state index contributed by atoms with van der Waals surface area (Å²) in [6, 6.07) is 10.7. The minimum atomic E-state index is -0.457. The molecule has 0 aromatic heterocycles. The molecular formula is C19H19ClF2N2O. The van der Waals surface area contributed by atoms with Crippen LogP contribution in [-0.4, -0.2) is 23.9 Å². The second-order valence-corrected chi connectivity index (χ2v) is 6.65. The third-order valence-corrected chi connectivity index (χ3v) is 4.81. The molecule has 1 unspecified atom stereocenters. The lowest BCUT2D eigenvalue weighted by Gasteiger charge is -2.32. The van der Waals surface area contributed by atoms with Crippen LogP contribution in [0.25, 0.3) is 0 Å². The van der Waals surface area contributed by atoms with Gasteiger partial charge in [-0.3, -0.25) is 9.69 Å². The molecule has 0 spiro atoms. The van der Waals surface area contributed by atoms with Gasteiger partial charge < -0.3 is 5.32 Å². The Morgan fingerprint density at radius 1 is 1.16 bits per heavy atom. The zero-order valence-electron chi connectivity index (χ0n) is 13.6. The van der Waals surface area contributed by atoms with Crippen molar-refractivity contribution in [2.75, 3.05) is 18.4 Å². The molecule has 1 aliphatic rings. The van der Waals surface area contributed by atoms with E-state index in [4.69, 9.17) is 11.6 Å². The van der Waals surface area contributed by atoms with Gasteiger partial charge in [-0.05, 0) is 43.7 Å². The Labute approximate surface area is 150 Å². The van der Waals surface area contributed by atoms with Crippen LogP contribution in [0.1, 0.15) is 18.4 Å². The first-order chi connectivity index (χ1) is 12.0. The van der Waals surface area contributed by atoms with Crippen LogP contribution < -0.4 is 5.32 Å². The fourth-order valence-electron chi connectivity index (χ4n) is 3.12. The summed E-state index contributed by atoms with van der Waals surface area (Å²) in [5, 5.41) is 3.03. The number of para-hydroxylation sites is 1. The number of piperidine rings is 1. The summed E-state index contributed by atoms with van der Waals surface area (Å²) in [6.45, 7) is 1.62. The molecule has 1 N–H and O–H groups in total. The van der Waals surface area contributed by atoms with E-state index in [0.29, 0.717) is 23.7 Å². The van der Waals surface area contributed by atoms with Crippen LogP contribution in [0, 0.1) is 17.6 Å². The SMILES string of the molecule is O=C(Nc1ccccc1F)C1CCCN(Cc2c(F)cccc2Cl)C1. The minimum absolute atomic E-state index is 0.182. The van der Waals surface area contributed by atoms with Crippen LogP contribution in [0.5, 0.6) is 0 Å². The Bertz CT molecular complexity index is 749.